The number of anilines is 1. The van der Waals surface area contributed by atoms with Crippen molar-refractivity contribution in [1.82, 2.24) is 9.97 Å². The van der Waals surface area contributed by atoms with Crippen LogP contribution in [-0.2, 0) is 6.18 Å². The minimum absolute atomic E-state index is 0.000185. The summed E-state index contributed by atoms with van der Waals surface area (Å²) in [6.07, 6.45) is -4.45. The molecule has 0 amide bonds. The third-order valence-corrected chi connectivity index (χ3v) is 2.82. The van der Waals surface area contributed by atoms with Crippen LogP contribution in [0.3, 0.4) is 0 Å². The highest BCUT2D eigenvalue weighted by molar-refractivity contribution is 5.73. The van der Waals surface area contributed by atoms with Crippen molar-refractivity contribution in [2.45, 2.75) is 20.0 Å². The van der Waals surface area contributed by atoms with E-state index in [1.54, 1.807) is 13.8 Å². The van der Waals surface area contributed by atoms with Crippen molar-refractivity contribution in [3.05, 3.63) is 41.2 Å². The minimum atomic E-state index is -4.45. The summed E-state index contributed by atoms with van der Waals surface area (Å²) in [5.74, 6) is -0.000185. The van der Waals surface area contributed by atoms with Crippen LogP contribution in [-0.4, -0.2) is 9.97 Å². The van der Waals surface area contributed by atoms with Crippen LogP contribution >= 0.6 is 0 Å². The molecule has 0 aliphatic heterocycles. The molecule has 3 nitrogen and oxygen atoms in total. The van der Waals surface area contributed by atoms with Crippen molar-refractivity contribution in [2.75, 3.05) is 5.73 Å². The Bertz CT molecular complexity index is 621. The molecule has 0 fully saturated rings. The fourth-order valence-corrected chi connectivity index (χ4v) is 1.76. The fraction of sp³-hybridized carbons (Fsp3) is 0.231. The summed E-state index contributed by atoms with van der Waals surface area (Å²) in [4.78, 5) is 8.15. The Kier molecular flexibility index (Phi) is 3.18. The quantitative estimate of drug-likeness (QED) is 0.861. The summed E-state index contributed by atoms with van der Waals surface area (Å²) in [5.41, 5.74) is 6.10. The molecule has 0 spiro atoms. The highest BCUT2D eigenvalue weighted by atomic mass is 19.4. The van der Waals surface area contributed by atoms with Crippen molar-refractivity contribution in [3.8, 4) is 11.3 Å². The van der Waals surface area contributed by atoms with Crippen LogP contribution in [0.15, 0.2) is 24.3 Å². The van der Waals surface area contributed by atoms with Gasteiger partial charge in [-0.25, -0.2) is 9.97 Å². The highest BCUT2D eigenvalue weighted by Gasteiger charge is 2.34. The van der Waals surface area contributed by atoms with Gasteiger partial charge in [-0.2, -0.15) is 13.2 Å². The molecule has 1 aromatic heterocycles. The molecular weight excluding hydrogens is 255 g/mol. The number of halogens is 3. The van der Waals surface area contributed by atoms with E-state index in [-0.39, 0.29) is 17.1 Å². The number of aryl methyl sites for hydroxylation is 2. The molecule has 2 aromatic rings. The minimum Gasteiger partial charge on any atom is -0.382 e. The number of hydrogen-bond acceptors (Lipinski definition) is 3. The van der Waals surface area contributed by atoms with E-state index in [1.807, 2.05) is 0 Å². The number of rotatable bonds is 1. The molecule has 2 N–H and O–H groups in total. The molecule has 19 heavy (non-hydrogen) atoms. The molecule has 0 saturated heterocycles. The zero-order chi connectivity index (χ0) is 14.2. The molecule has 0 atom stereocenters. The summed E-state index contributed by atoms with van der Waals surface area (Å²) in [7, 11) is 0. The van der Waals surface area contributed by atoms with Gasteiger partial charge in [0.1, 0.15) is 11.5 Å². The van der Waals surface area contributed by atoms with E-state index in [0.717, 1.165) is 6.07 Å². The average Bonchev–Trinajstić information content (AvgIpc) is 2.33. The Morgan fingerprint density at radius 2 is 1.58 bits per heavy atom. The molecule has 0 aliphatic carbocycles. The van der Waals surface area contributed by atoms with Crippen LogP contribution in [0.1, 0.15) is 17.0 Å². The number of hydrogen-bond donors (Lipinski definition) is 1. The second kappa shape index (κ2) is 4.53. The Hall–Kier alpha value is -2.11. The van der Waals surface area contributed by atoms with Gasteiger partial charge in [-0.1, -0.05) is 18.2 Å². The largest absolute Gasteiger partial charge is 0.417 e. The number of aromatic nitrogens is 2. The van der Waals surface area contributed by atoms with Crippen LogP contribution in [0.5, 0.6) is 0 Å². The van der Waals surface area contributed by atoms with Crippen LogP contribution in [0.2, 0.25) is 0 Å². The van der Waals surface area contributed by atoms with Crippen LogP contribution in [0.4, 0.5) is 19.0 Å². The van der Waals surface area contributed by atoms with Crippen molar-refractivity contribution in [3.63, 3.8) is 0 Å². The van der Waals surface area contributed by atoms with Gasteiger partial charge in [0.05, 0.1) is 17.0 Å². The number of nitrogens with two attached hydrogens (primary N) is 1. The second-order valence-corrected chi connectivity index (χ2v) is 4.17. The molecule has 0 bridgehead atoms. The Balaban J connectivity index is 2.70. The molecule has 0 radical (unpaired) electrons. The lowest BCUT2D eigenvalue weighted by Gasteiger charge is -2.14. The first-order valence-electron chi connectivity index (χ1n) is 5.58. The summed E-state index contributed by atoms with van der Waals surface area (Å²) in [6.45, 7) is 3.39. The summed E-state index contributed by atoms with van der Waals surface area (Å²) in [5, 5.41) is 0. The smallest absolute Gasteiger partial charge is 0.382 e. The lowest BCUT2D eigenvalue weighted by atomic mass is 10.0. The molecule has 6 heteroatoms. The van der Waals surface area contributed by atoms with Gasteiger partial charge in [0.15, 0.2) is 0 Å². The first-order valence-corrected chi connectivity index (χ1v) is 5.58. The van der Waals surface area contributed by atoms with E-state index in [4.69, 9.17) is 5.73 Å². The SMILES string of the molecule is Cc1nc(N)c(-c2ccccc2C(F)(F)F)nc1C. The zero-order valence-corrected chi connectivity index (χ0v) is 10.4. The molecule has 100 valence electrons. The van der Waals surface area contributed by atoms with Gasteiger partial charge in [0.25, 0.3) is 0 Å². The molecule has 0 aliphatic rings. The third-order valence-electron chi connectivity index (χ3n) is 2.82. The maximum atomic E-state index is 13.0. The van der Waals surface area contributed by atoms with Gasteiger partial charge < -0.3 is 5.73 Å². The van der Waals surface area contributed by atoms with Crippen LogP contribution in [0, 0.1) is 13.8 Å². The van der Waals surface area contributed by atoms with E-state index >= 15 is 0 Å². The maximum absolute atomic E-state index is 13.0. The average molecular weight is 267 g/mol. The molecule has 1 heterocycles. The topological polar surface area (TPSA) is 51.8 Å². The number of nitrogen functional groups attached to an aromatic ring is 1. The summed E-state index contributed by atoms with van der Waals surface area (Å²) < 4.78 is 38.9. The Morgan fingerprint density at radius 3 is 2.21 bits per heavy atom. The predicted molar refractivity (Wildman–Crippen MR) is 66.4 cm³/mol. The monoisotopic (exact) mass is 267 g/mol. The third kappa shape index (κ3) is 2.52. The Labute approximate surface area is 108 Å². The van der Waals surface area contributed by atoms with Gasteiger partial charge in [0, 0.05) is 5.56 Å². The molecule has 0 saturated carbocycles. The van der Waals surface area contributed by atoms with Gasteiger partial charge >= 0.3 is 6.18 Å². The molecular formula is C13H12F3N3. The van der Waals surface area contributed by atoms with Crippen molar-refractivity contribution in [2.24, 2.45) is 0 Å². The van der Waals surface area contributed by atoms with E-state index in [0.29, 0.717) is 11.4 Å². The Morgan fingerprint density at radius 1 is 1.00 bits per heavy atom. The van der Waals surface area contributed by atoms with E-state index in [1.165, 1.54) is 18.2 Å². The van der Waals surface area contributed by atoms with Crippen LogP contribution < -0.4 is 5.73 Å². The van der Waals surface area contributed by atoms with E-state index in [2.05, 4.69) is 9.97 Å². The van der Waals surface area contributed by atoms with Crippen LogP contribution in [0.25, 0.3) is 11.3 Å². The maximum Gasteiger partial charge on any atom is 0.417 e. The first kappa shape index (κ1) is 13.3. The lowest BCUT2D eigenvalue weighted by molar-refractivity contribution is -0.137. The van der Waals surface area contributed by atoms with Gasteiger partial charge in [-0.15, -0.1) is 0 Å². The number of benzene rings is 1. The van der Waals surface area contributed by atoms with E-state index in [9.17, 15) is 13.2 Å². The molecule has 2 rings (SSSR count). The van der Waals surface area contributed by atoms with Gasteiger partial charge in [0.2, 0.25) is 0 Å². The van der Waals surface area contributed by atoms with Crippen molar-refractivity contribution >= 4 is 5.82 Å². The van der Waals surface area contributed by atoms with Gasteiger partial charge in [-0.05, 0) is 19.9 Å². The van der Waals surface area contributed by atoms with Crippen molar-refractivity contribution < 1.29 is 13.2 Å². The number of alkyl halides is 3. The summed E-state index contributed by atoms with van der Waals surface area (Å²) in [6, 6.07) is 5.20. The second-order valence-electron chi connectivity index (χ2n) is 4.17. The van der Waals surface area contributed by atoms with Crippen molar-refractivity contribution in [1.29, 1.82) is 0 Å². The normalized spacial score (nSPS) is 11.6. The fourth-order valence-electron chi connectivity index (χ4n) is 1.76. The summed E-state index contributed by atoms with van der Waals surface area (Å²) >= 11 is 0. The first-order chi connectivity index (χ1) is 8.80. The zero-order valence-electron chi connectivity index (χ0n) is 10.4. The lowest BCUT2D eigenvalue weighted by Crippen LogP contribution is -2.09. The molecule has 1 aromatic carbocycles. The molecule has 0 unspecified atom stereocenters. The predicted octanol–water partition coefficient (Wildman–Crippen LogP) is 3.36. The van der Waals surface area contributed by atoms with Gasteiger partial charge in [-0.3, -0.25) is 0 Å². The highest BCUT2D eigenvalue weighted by Crippen LogP contribution is 2.37. The standard InChI is InChI=1S/C13H12F3N3/c1-7-8(2)19-12(17)11(18-7)9-5-3-4-6-10(9)13(14,15)16/h3-6H,1-2H3,(H2,17,19). The van der Waals surface area contributed by atoms with E-state index < -0.39 is 11.7 Å². The number of nitrogens with zero attached hydrogens (tertiary/aromatic N) is 2.